The number of halogens is 3. The minimum Gasteiger partial charge on any atom is -0.349 e. The van der Waals surface area contributed by atoms with Crippen molar-refractivity contribution in [3.05, 3.63) is 15.6 Å². The molecule has 0 saturated carbocycles. The largest absolute Gasteiger partial charge is 0.405 e. The molecule has 1 amide bonds. The van der Waals surface area contributed by atoms with E-state index in [4.69, 9.17) is 0 Å². The fourth-order valence-electron chi connectivity index (χ4n) is 2.81. The molecule has 1 aliphatic heterocycles. The third kappa shape index (κ3) is 5.65. The summed E-state index contributed by atoms with van der Waals surface area (Å²) in [6.07, 6.45) is -3.62. The van der Waals surface area contributed by atoms with E-state index in [9.17, 15) is 18.0 Å². The van der Waals surface area contributed by atoms with E-state index >= 15 is 0 Å². The first kappa shape index (κ1) is 20.1. The van der Waals surface area contributed by atoms with Gasteiger partial charge in [0.25, 0.3) is 5.91 Å². The Morgan fingerprint density at radius 2 is 2.00 bits per heavy atom. The Bertz CT molecular complexity index is 582. The van der Waals surface area contributed by atoms with Gasteiger partial charge in [0.15, 0.2) is 0 Å². The van der Waals surface area contributed by atoms with E-state index in [1.165, 1.54) is 16.2 Å². The van der Waals surface area contributed by atoms with Crippen LogP contribution in [-0.4, -0.2) is 60.7 Å². The molecule has 1 aromatic heterocycles. The zero-order valence-corrected chi connectivity index (χ0v) is 15.6. The van der Waals surface area contributed by atoms with Crippen LogP contribution in [0.4, 0.5) is 13.2 Å². The number of piperazine rings is 1. The van der Waals surface area contributed by atoms with Crippen molar-refractivity contribution in [2.75, 3.05) is 32.7 Å². The molecule has 1 fully saturated rings. The number of aryl methyl sites for hydroxylation is 1. The molecule has 1 aromatic rings. The summed E-state index contributed by atoms with van der Waals surface area (Å²) in [4.78, 5) is 18.5. The number of hydrogen-bond donors (Lipinski definition) is 2. The number of alkyl halides is 3. The Morgan fingerprint density at radius 1 is 1.36 bits per heavy atom. The lowest BCUT2D eigenvalue weighted by Crippen LogP contribution is -2.57. The van der Waals surface area contributed by atoms with Crippen LogP contribution >= 0.6 is 11.3 Å². The lowest BCUT2D eigenvalue weighted by atomic mass is 10.1. The number of amides is 1. The minimum atomic E-state index is -4.38. The van der Waals surface area contributed by atoms with Gasteiger partial charge in [-0.15, -0.1) is 11.3 Å². The van der Waals surface area contributed by atoms with E-state index in [1.54, 1.807) is 6.92 Å². The van der Waals surface area contributed by atoms with Crippen LogP contribution in [0.3, 0.4) is 0 Å². The van der Waals surface area contributed by atoms with Gasteiger partial charge in [0.05, 0.1) is 10.7 Å². The van der Waals surface area contributed by atoms with E-state index in [-0.39, 0.29) is 0 Å². The molecule has 0 radical (unpaired) electrons. The molecule has 2 N–H and O–H groups in total. The predicted octanol–water partition coefficient (Wildman–Crippen LogP) is 2.22. The Labute approximate surface area is 150 Å². The van der Waals surface area contributed by atoms with Crippen LogP contribution in [0.1, 0.15) is 34.2 Å². The van der Waals surface area contributed by atoms with Gasteiger partial charge >= 0.3 is 6.18 Å². The van der Waals surface area contributed by atoms with Gasteiger partial charge in [0.2, 0.25) is 0 Å². The maximum atomic E-state index is 13.4. The van der Waals surface area contributed by atoms with Gasteiger partial charge in [-0.1, -0.05) is 13.8 Å². The highest BCUT2D eigenvalue weighted by molar-refractivity contribution is 7.13. The normalized spacial score (nSPS) is 17.7. The van der Waals surface area contributed by atoms with Crippen LogP contribution in [-0.2, 0) is 6.42 Å². The predicted molar refractivity (Wildman–Crippen MR) is 92.0 cm³/mol. The first-order valence-corrected chi connectivity index (χ1v) is 9.26. The molecular formula is C16H25F3N4OS. The van der Waals surface area contributed by atoms with Crippen molar-refractivity contribution in [2.24, 2.45) is 5.92 Å². The molecule has 1 aliphatic rings. The summed E-state index contributed by atoms with van der Waals surface area (Å²) in [5, 5.41) is 6.33. The van der Waals surface area contributed by atoms with Crippen molar-refractivity contribution in [3.8, 4) is 0 Å². The first-order valence-electron chi connectivity index (χ1n) is 8.44. The smallest absolute Gasteiger partial charge is 0.349 e. The van der Waals surface area contributed by atoms with Gasteiger partial charge < -0.3 is 10.6 Å². The van der Waals surface area contributed by atoms with Gasteiger partial charge in [-0.3, -0.25) is 9.69 Å². The van der Waals surface area contributed by atoms with Crippen molar-refractivity contribution in [3.63, 3.8) is 0 Å². The summed E-state index contributed by atoms with van der Waals surface area (Å²) in [5.41, 5.74) is 0.573. The standard InChI is InChI=1S/C16H25F3N4OS/c1-10(2)8-13-22-11(3)14(25-13)15(24)21-9-12(16(17,18)19)23-6-4-20-5-7-23/h10,12,20H,4-9H2,1-3H3,(H,21,24). The number of nitrogens with one attached hydrogen (secondary N) is 2. The van der Waals surface area contributed by atoms with Gasteiger partial charge in [-0.2, -0.15) is 13.2 Å². The second-order valence-electron chi connectivity index (χ2n) is 6.67. The molecule has 2 rings (SSSR count). The topological polar surface area (TPSA) is 57.3 Å². The Morgan fingerprint density at radius 3 is 2.56 bits per heavy atom. The zero-order valence-electron chi connectivity index (χ0n) is 14.7. The summed E-state index contributed by atoms with van der Waals surface area (Å²) in [7, 11) is 0. The molecule has 25 heavy (non-hydrogen) atoms. The molecule has 0 bridgehead atoms. The average Bonchev–Trinajstić information content (AvgIpc) is 2.86. The Balaban J connectivity index is 2.02. The summed E-state index contributed by atoms with van der Waals surface area (Å²) in [6, 6.07) is -1.66. The number of carbonyl (C=O) groups excluding carboxylic acids is 1. The second kappa shape index (κ2) is 8.46. The quantitative estimate of drug-likeness (QED) is 0.797. The third-order valence-corrected chi connectivity index (χ3v) is 5.23. The van der Waals surface area contributed by atoms with Gasteiger partial charge in [0, 0.05) is 39.1 Å². The van der Waals surface area contributed by atoms with Crippen molar-refractivity contribution in [1.29, 1.82) is 0 Å². The Hall–Kier alpha value is -1.19. The van der Waals surface area contributed by atoms with Crippen LogP contribution in [0.5, 0.6) is 0 Å². The molecule has 5 nitrogen and oxygen atoms in total. The average molecular weight is 378 g/mol. The molecule has 0 aliphatic carbocycles. The van der Waals surface area contributed by atoms with E-state index in [0.717, 1.165) is 11.4 Å². The number of nitrogens with zero attached hydrogens (tertiary/aromatic N) is 2. The molecule has 1 saturated heterocycles. The first-order chi connectivity index (χ1) is 11.7. The van der Waals surface area contributed by atoms with Crippen LogP contribution in [0.25, 0.3) is 0 Å². The van der Waals surface area contributed by atoms with E-state index in [1.807, 2.05) is 0 Å². The molecule has 0 aromatic carbocycles. The number of carbonyl (C=O) groups is 1. The fourth-order valence-corrected chi connectivity index (χ4v) is 4.01. The van der Waals surface area contributed by atoms with Crippen molar-refractivity contribution in [1.82, 2.24) is 20.5 Å². The second-order valence-corrected chi connectivity index (χ2v) is 7.76. The lowest BCUT2D eigenvalue weighted by Gasteiger charge is -2.35. The maximum Gasteiger partial charge on any atom is 0.405 e. The molecule has 2 heterocycles. The SMILES string of the molecule is Cc1nc(CC(C)C)sc1C(=O)NCC(N1CCNCC1)C(F)(F)F. The summed E-state index contributed by atoms with van der Waals surface area (Å²) < 4.78 is 40.1. The molecule has 1 unspecified atom stereocenters. The van der Waals surface area contributed by atoms with Gasteiger partial charge in [-0.05, 0) is 12.8 Å². The van der Waals surface area contributed by atoms with Crippen molar-refractivity contribution in [2.45, 2.75) is 39.4 Å². The van der Waals surface area contributed by atoms with Crippen LogP contribution in [0.2, 0.25) is 0 Å². The maximum absolute atomic E-state index is 13.4. The molecule has 142 valence electrons. The fraction of sp³-hybridized carbons (Fsp3) is 0.750. The highest BCUT2D eigenvalue weighted by Crippen LogP contribution is 2.25. The molecule has 9 heteroatoms. The van der Waals surface area contributed by atoms with Crippen LogP contribution < -0.4 is 10.6 Å². The van der Waals surface area contributed by atoms with Crippen LogP contribution in [0.15, 0.2) is 0 Å². The van der Waals surface area contributed by atoms with E-state index in [2.05, 4.69) is 29.5 Å². The van der Waals surface area contributed by atoms with Crippen molar-refractivity contribution >= 4 is 17.2 Å². The van der Waals surface area contributed by atoms with Crippen LogP contribution in [0, 0.1) is 12.8 Å². The summed E-state index contributed by atoms with van der Waals surface area (Å²) in [5.74, 6) is -0.0711. The highest BCUT2D eigenvalue weighted by Gasteiger charge is 2.43. The highest BCUT2D eigenvalue weighted by atomic mass is 32.1. The number of rotatable bonds is 6. The number of hydrogen-bond acceptors (Lipinski definition) is 5. The minimum absolute atomic E-state index is 0.318. The van der Waals surface area contributed by atoms with E-state index in [0.29, 0.717) is 42.7 Å². The zero-order chi connectivity index (χ0) is 18.6. The molecule has 0 spiro atoms. The number of aromatic nitrogens is 1. The Kier molecular flexibility index (Phi) is 6.81. The summed E-state index contributed by atoms with van der Waals surface area (Å²) >= 11 is 1.26. The lowest BCUT2D eigenvalue weighted by molar-refractivity contribution is -0.183. The van der Waals surface area contributed by atoms with E-state index < -0.39 is 24.7 Å². The van der Waals surface area contributed by atoms with Crippen molar-refractivity contribution < 1.29 is 18.0 Å². The number of thiazole rings is 1. The van der Waals surface area contributed by atoms with Gasteiger partial charge in [-0.25, -0.2) is 4.98 Å². The molecular weight excluding hydrogens is 353 g/mol. The summed E-state index contributed by atoms with van der Waals surface area (Å²) in [6.45, 7) is 7.05. The molecule has 1 atom stereocenters. The third-order valence-electron chi connectivity index (χ3n) is 4.06. The van der Waals surface area contributed by atoms with Gasteiger partial charge in [0.1, 0.15) is 10.9 Å². The monoisotopic (exact) mass is 378 g/mol.